The summed E-state index contributed by atoms with van der Waals surface area (Å²) in [6, 6.07) is 7.42. The Morgan fingerprint density at radius 1 is 1.29 bits per heavy atom. The van der Waals surface area contributed by atoms with Gasteiger partial charge in [-0.25, -0.2) is 0 Å². The fourth-order valence-corrected chi connectivity index (χ4v) is 2.20. The maximum Gasteiger partial charge on any atom is 0.292 e. The summed E-state index contributed by atoms with van der Waals surface area (Å²) in [6.07, 6.45) is 2.40. The van der Waals surface area contributed by atoms with Gasteiger partial charge in [0.25, 0.3) is 11.7 Å². The highest BCUT2D eigenvalue weighted by Gasteiger charge is 2.21. The molecule has 0 aliphatic heterocycles. The molecule has 1 atom stereocenters. The Morgan fingerprint density at radius 3 is 2.71 bits per heavy atom. The number of carbonyl (C=O) groups excluding carboxylic acids is 2. The predicted molar refractivity (Wildman–Crippen MR) is 83.4 cm³/mol. The second-order valence-corrected chi connectivity index (χ2v) is 5.54. The molecule has 0 saturated heterocycles. The fraction of sp³-hybridized carbons (Fsp3) is 0.375. The lowest BCUT2D eigenvalue weighted by molar-refractivity contribution is -0.117. The molecule has 0 unspecified atom stereocenters. The molecule has 0 bridgehead atoms. The van der Waals surface area contributed by atoms with Crippen molar-refractivity contribution in [1.82, 2.24) is 15.2 Å². The highest BCUT2D eigenvalue weighted by molar-refractivity contribution is 6.45. The lowest BCUT2D eigenvalue weighted by Gasteiger charge is -2.16. The minimum absolute atomic E-state index is 0.0333. The van der Waals surface area contributed by atoms with Gasteiger partial charge in [-0.2, -0.15) is 0 Å². The summed E-state index contributed by atoms with van der Waals surface area (Å²) in [4.78, 5) is 29.4. The summed E-state index contributed by atoms with van der Waals surface area (Å²) >= 11 is 0. The smallest absolute Gasteiger partial charge is 0.292 e. The van der Waals surface area contributed by atoms with E-state index in [9.17, 15) is 9.59 Å². The second-order valence-electron chi connectivity index (χ2n) is 5.54. The normalized spacial score (nSPS) is 12.6. The summed E-state index contributed by atoms with van der Waals surface area (Å²) in [6.45, 7) is 2.77. The number of H-pyrrole nitrogens is 1. The lowest BCUT2D eigenvalue weighted by atomic mass is 10.1. The highest BCUT2D eigenvalue weighted by atomic mass is 16.2. The van der Waals surface area contributed by atoms with Gasteiger partial charge < -0.3 is 15.2 Å². The minimum atomic E-state index is -0.550. The van der Waals surface area contributed by atoms with E-state index in [1.807, 2.05) is 50.2 Å². The van der Waals surface area contributed by atoms with Crippen LogP contribution in [-0.4, -0.2) is 48.3 Å². The number of aromatic amines is 1. The number of ketones is 1. The van der Waals surface area contributed by atoms with Crippen molar-refractivity contribution in [2.45, 2.75) is 19.4 Å². The van der Waals surface area contributed by atoms with E-state index in [0.717, 1.165) is 23.9 Å². The van der Waals surface area contributed by atoms with E-state index in [0.29, 0.717) is 5.56 Å². The average Bonchev–Trinajstić information content (AvgIpc) is 2.88. The van der Waals surface area contributed by atoms with E-state index in [1.165, 1.54) is 0 Å². The Hall–Kier alpha value is -2.14. The Kier molecular flexibility index (Phi) is 4.75. The van der Waals surface area contributed by atoms with Crippen molar-refractivity contribution >= 4 is 22.6 Å². The van der Waals surface area contributed by atoms with Gasteiger partial charge in [0.15, 0.2) is 0 Å². The van der Waals surface area contributed by atoms with Gasteiger partial charge in [0.1, 0.15) is 0 Å². The molecule has 1 heterocycles. The molecule has 0 fully saturated rings. The number of fused-ring (bicyclic) bond motifs is 1. The molecule has 5 heteroatoms. The van der Waals surface area contributed by atoms with Crippen LogP contribution in [-0.2, 0) is 4.79 Å². The van der Waals surface area contributed by atoms with Crippen LogP contribution in [0.25, 0.3) is 10.9 Å². The van der Waals surface area contributed by atoms with Crippen molar-refractivity contribution in [2.75, 3.05) is 20.6 Å². The van der Waals surface area contributed by atoms with Gasteiger partial charge >= 0.3 is 0 Å². The van der Waals surface area contributed by atoms with E-state index in [-0.39, 0.29) is 6.04 Å². The molecule has 112 valence electrons. The Morgan fingerprint density at radius 2 is 2.00 bits per heavy atom. The third kappa shape index (κ3) is 3.70. The van der Waals surface area contributed by atoms with E-state index in [4.69, 9.17) is 0 Å². The van der Waals surface area contributed by atoms with Crippen LogP contribution in [0.3, 0.4) is 0 Å². The molecule has 1 aromatic heterocycles. The third-order valence-corrected chi connectivity index (χ3v) is 3.43. The molecule has 21 heavy (non-hydrogen) atoms. The van der Waals surface area contributed by atoms with Crippen LogP contribution in [0.2, 0.25) is 0 Å². The molecule has 0 aliphatic rings. The van der Waals surface area contributed by atoms with Crippen molar-refractivity contribution in [2.24, 2.45) is 0 Å². The first kappa shape index (κ1) is 15.3. The molecular formula is C16H21N3O2. The zero-order valence-corrected chi connectivity index (χ0v) is 12.6. The van der Waals surface area contributed by atoms with Crippen molar-refractivity contribution in [1.29, 1.82) is 0 Å². The number of aromatic nitrogens is 1. The first-order chi connectivity index (χ1) is 9.99. The number of amides is 1. The maximum atomic E-state index is 12.3. The topological polar surface area (TPSA) is 65.2 Å². The molecule has 5 nitrogen and oxygen atoms in total. The molecule has 0 radical (unpaired) electrons. The Bertz CT molecular complexity index is 646. The highest BCUT2D eigenvalue weighted by Crippen LogP contribution is 2.18. The van der Waals surface area contributed by atoms with Gasteiger partial charge in [-0.15, -0.1) is 0 Å². The number of nitrogens with zero attached hydrogens (tertiary/aromatic N) is 1. The largest absolute Gasteiger partial charge is 0.360 e. The molecular weight excluding hydrogens is 266 g/mol. The number of carbonyl (C=O) groups is 2. The molecule has 2 rings (SSSR count). The van der Waals surface area contributed by atoms with Crippen LogP contribution in [0, 0.1) is 0 Å². The minimum Gasteiger partial charge on any atom is -0.360 e. The molecule has 2 aromatic rings. The van der Waals surface area contributed by atoms with Gasteiger partial charge in [0.2, 0.25) is 0 Å². The Balaban J connectivity index is 2.04. The summed E-state index contributed by atoms with van der Waals surface area (Å²) in [5.74, 6) is -1.05. The van der Waals surface area contributed by atoms with Gasteiger partial charge in [-0.3, -0.25) is 9.59 Å². The van der Waals surface area contributed by atoms with E-state index in [1.54, 1.807) is 6.20 Å². The monoisotopic (exact) mass is 287 g/mol. The molecule has 0 saturated carbocycles. The predicted octanol–water partition coefficient (Wildman–Crippen LogP) is 1.81. The van der Waals surface area contributed by atoms with Crippen LogP contribution in [0.15, 0.2) is 30.5 Å². The summed E-state index contributed by atoms with van der Waals surface area (Å²) in [5.41, 5.74) is 1.28. The quantitative estimate of drug-likeness (QED) is 0.629. The molecule has 1 aromatic carbocycles. The molecule has 0 spiro atoms. The van der Waals surface area contributed by atoms with Gasteiger partial charge in [-0.05, 0) is 40.1 Å². The van der Waals surface area contributed by atoms with Gasteiger partial charge in [-0.1, -0.05) is 18.2 Å². The number of hydrogen-bond donors (Lipinski definition) is 2. The second kappa shape index (κ2) is 6.54. The van der Waals surface area contributed by atoms with Crippen LogP contribution in [0.5, 0.6) is 0 Å². The zero-order valence-electron chi connectivity index (χ0n) is 12.6. The van der Waals surface area contributed by atoms with E-state index < -0.39 is 11.7 Å². The number of Topliss-reactive ketones (excluding diaryl/α,β-unsaturated/α-hetero) is 1. The first-order valence-electron chi connectivity index (χ1n) is 7.05. The van der Waals surface area contributed by atoms with E-state index in [2.05, 4.69) is 10.3 Å². The third-order valence-electron chi connectivity index (χ3n) is 3.43. The van der Waals surface area contributed by atoms with Crippen LogP contribution in [0.1, 0.15) is 23.7 Å². The van der Waals surface area contributed by atoms with Gasteiger partial charge in [0.05, 0.1) is 5.56 Å². The number of hydrogen-bond acceptors (Lipinski definition) is 3. The first-order valence-corrected chi connectivity index (χ1v) is 7.05. The average molecular weight is 287 g/mol. The van der Waals surface area contributed by atoms with Crippen molar-refractivity contribution < 1.29 is 9.59 Å². The van der Waals surface area contributed by atoms with Gasteiger partial charge in [0, 0.05) is 23.1 Å². The standard InChI is InChI=1S/C16H21N3O2/c1-11(8-9-19(2)3)18-16(21)15(20)13-10-17-14-7-5-4-6-12(13)14/h4-7,10-11,17H,8-9H2,1-3H3,(H,18,21)/t11-/m0/s1. The number of benzene rings is 1. The lowest BCUT2D eigenvalue weighted by Crippen LogP contribution is -2.39. The van der Waals surface area contributed by atoms with Crippen molar-refractivity contribution in [3.05, 3.63) is 36.0 Å². The number of nitrogens with one attached hydrogen (secondary N) is 2. The molecule has 1 amide bonds. The number of rotatable bonds is 6. The van der Waals surface area contributed by atoms with Crippen molar-refractivity contribution in [3.63, 3.8) is 0 Å². The Labute approximate surface area is 124 Å². The van der Waals surface area contributed by atoms with Crippen LogP contribution >= 0.6 is 0 Å². The molecule has 0 aliphatic carbocycles. The van der Waals surface area contributed by atoms with Crippen molar-refractivity contribution in [3.8, 4) is 0 Å². The fourth-order valence-electron chi connectivity index (χ4n) is 2.20. The number of para-hydroxylation sites is 1. The zero-order chi connectivity index (χ0) is 15.4. The summed E-state index contributed by atoms with van der Waals surface area (Å²) in [5, 5.41) is 3.54. The van der Waals surface area contributed by atoms with E-state index >= 15 is 0 Å². The molecule has 2 N–H and O–H groups in total. The van der Waals surface area contributed by atoms with Crippen LogP contribution in [0.4, 0.5) is 0 Å². The summed E-state index contributed by atoms with van der Waals surface area (Å²) in [7, 11) is 3.96. The van der Waals surface area contributed by atoms with Crippen LogP contribution < -0.4 is 5.32 Å². The summed E-state index contributed by atoms with van der Waals surface area (Å²) < 4.78 is 0. The maximum absolute atomic E-state index is 12.3. The SMILES string of the molecule is C[C@@H](CCN(C)C)NC(=O)C(=O)c1c[nH]c2ccccc12.